The summed E-state index contributed by atoms with van der Waals surface area (Å²) >= 11 is 0. The van der Waals surface area contributed by atoms with E-state index in [0.29, 0.717) is 0 Å². The van der Waals surface area contributed by atoms with Gasteiger partial charge in [-0.05, 0) is 0 Å². The van der Waals surface area contributed by atoms with Crippen molar-refractivity contribution in [2.75, 3.05) is 46.2 Å². The molecule has 0 bridgehead atoms. The van der Waals surface area contributed by atoms with Gasteiger partial charge in [-0.25, -0.2) is 0 Å². The van der Waals surface area contributed by atoms with Gasteiger partial charge in [-0.2, -0.15) is 0 Å². The lowest BCUT2D eigenvalue weighted by Crippen LogP contribution is -2.61. The molecule has 4 fully saturated rings. The highest BCUT2D eigenvalue weighted by Crippen LogP contribution is 2.41. The fraction of sp³-hybridized carbons (Fsp3) is 1.00. The van der Waals surface area contributed by atoms with Gasteiger partial charge in [0.15, 0.2) is 6.29 Å². The lowest BCUT2D eigenvalue weighted by atomic mass is 10.0. The molecule has 16 atom stereocenters. The predicted octanol–water partition coefficient (Wildman–Crippen LogP) is -9.10. The minimum atomic E-state index is -2.57. The summed E-state index contributed by atoms with van der Waals surface area (Å²) in [7, 11) is 0. The summed E-state index contributed by atoms with van der Waals surface area (Å²) in [6.45, 7) is -6.30. The second-order valence-corrected chi connectivity index (χ2v) is 10.9. The second kappa shape index (κ2) is 13.5. The molecule has 4 rings (SSSR count). The second-order valence-electron chi connectivity index (χ2n) is 10.9. The number of hydrogen-bond donors (Lipinski definition) is 13. The topological polar surface area (TPSA) is 328 Å². The molecule has 1 unspecified atom stereocenters. The monoisotopic (exact) mass is 636 g/mol. The highest BCUT2D eigenvalue weighted by atomic mass is 16.8. The van der Waals surface area contributed by atoms with E-state index in [0.717, 1.165) is 0 Å². The van der Waals surface area contributed by atoms with Gasteiger partial charge in [0.05, 0.1) is 26.4 Å². The summed E-state index contributed by atoms with van der Waals surface area (Å²) in [6, 6.07) is 0. The standard InChI is InChI=1S/C23H40O20/c24-1-9-13(30)17(34)21(5-27,40-9)38-6-22(18(35)14(31)10(2-25)41-22)39-7-23(19(36)15(32)11(3-26)42-23)43-20-16(33)12(29)8(28)4-37-20/h8-20,24-36H,1-7H2/t8-,9-,10-,11-,12+,13-,14-,15-,16-,17+,18+,19+,20?,21-,22-,23+/m1/s1. The van der Waals surface area contributed by atoms with Gasteiger partial charge in [-0.1, -0.05) is 0 Å². The molecule has 4 aliphatic rings. The van der Waals surface area contributed by atoms with Gasteiger partial charge in [0.2, 0.25) is 17.4 Å². The maximum Gasteiger partial charge on any atom is 0.224 e. The van der Waals surface area contributed by atoms with E-state index in [1.165, 1.54) is 0 Å². The molecular weight excluding hydrogens is 596 g/mol. The van der Waals surface area contributed by atoms with E-state index in [1.807, 2.05) is 0 Å². The first-order chi connectivity index (χ1) is 20.2. The van der Waals surface area contributed by atoms with Crippen LogP contribution >= 0.6 is 0 Å². The SMILES string of the molecule is OC[C@H]1O[C@@](CO)(OC[C@@]2(OC[C@@]3(OC4OC[C@@H](O)[C@H](O)[C@H]4O)O[C@H](CO)[C@@H](O)[C@@H]3O)O[C@H](CO)[C@@H](O)[C@@H]2O)[C@@H](O)[C@@H]1O. The quantitative estimate of drug-likeness (QED) is 0.0945. The van der Waals surface area contributed by atoms with Crippen LogP contribution in [0.5, 0.6) is 0 Å². The van der Waals surface area contributed by atoms with Gasteiger partial charge in [-0.3, -0.25) is 0 Å². The van der Waals surface area contributed by atoms with Crippen molar-refractivity contribution in [2.24, 2.45) is 0 Å². The average molecular weight is 637 g/mol. The Bertz CT molecular complexity index is 916. The minimum absolute atomic E-state index is 0.544. The van der Waals surface area contributed by atoms with Crippen molar-refractivity contribution in [3.05, 3.63) is 0 Å². The maximum atomic E-state index is 11.0. The van der Waals surface area contributed by atoms with Crippen molar-refractivity contribution in [1.29, 1.82) is 0 Å². The van der Waals surface area contributed by atoms with Gasteiger partial charge >= 0.3 is 0 Å². The normalized spacial score (nSPS) is 52.3. The Morgan fingerprint density at radius 3 is 1.44 bits per heavy atom. The lowest BCUT2D eigenvalue weighted by Gasteiger charge is -2.43. The summed E-state index contributed by atoms with van der Waals surface area (Å²) in [4.78, 5) is 0. The Morgan fingerprint density at radius 2 is 0.953 bits per heavy atom. The van der Waals surface area contributed by atoms with Crippen molar-refractivity contribution in [3.8, 4) is 0 Å². The van der Waals surface area contributed by atoms with Crippen LogP contribution in [0.1, 0.15) is 0 Å². The molecule has 0 saturated carbocycles. The zero-order valence-corrected chi connectivity index (χ0v) is 22.6. The lowest BCUT2D eigenvalue weighted by molar-refractivity contribution is -0.397. The molecule has 252 valence electrons. The summed E-state index contributed by atoms with van der Waals surface area (Å²) in [5.74, 6) is -7.56. The number of rotatable bonds is 12. The Morgan fingerprint density at radius 1 is 0.535 bits per heavy atom. The van der Waals surface area contributed by atoms with E-state index in [-0.39, 0.29) is 0 Å². The van der Waals surface area contributed by atoms with Crippen molar-refractivity contribution >= 4 is 0 Å². The Balaban J connectivity index is 1.63. The van der Waals surface area contributed by atoms with Crippen LogP contribution in [0.4, 0.5) is 0 Å². The number of ether oxygens (including phenoxy) is 7. The molecule has 20 nitrogen and oxygen atoms in total. The van der Waals surface area contributed by atoms with Crippen LogP contribution in [0.15, 0.2) is 0 Å². The molecule has 20 heteroatoms. The van der Waals surface area contributed by atoms with Crippen LogP contribution in [0.2, 0.25) is 0 Å². The van der Waals surface area contributed by atoms with Gasteiger partial charge in [-0.15, -0.1) is 0 Å². The Kier molecular flexibility index (Phi) is 11.0. The molecule has 4 aliphatic heterocycles. The number of aliphatic hydroxyl groups is 13. The van der Waals surface area contributed by atoms with E-state index in [4.69, 9.17) is 33.2 Å². The van der Waals surface area contributed by atoms with Crippen LogP contribution in [0.3, 0.4) is 0 Å². The molecule has 4 heterocycles. The van der Waals surface area contributed by atoms with Gasteiger partial charge in [0, 0.05) is 0 Å². The first kappa shape index (κ1) is 35.1. The van der Waals surface area contributed by atoms with Gasteiger partial charge < -0.3 is 99.5 Å². The molecule has 0 aromatic rings. The van der Waals surface area contributed by atoms with Crippen molar-refractivity contribution in [1.82, 2.24) is 0 Å². The highest BCUT2D eigenvalue weighted by molar-refractivity contribution is 5.03. The molecule has 0 radical (unpaired) electrons. The summed E-state index contributed by atoms with van der Waals surface area (Å²) in [6.07, 6.45) is -23.0. The van der Waals surface area contributed by atoms with E-state index in [1.54, 1.807) is 0 Å². The first-order valence-corrected chi connectivity index (χ1v) is 13.4. The van der Waals surface area contributed by atoms with E-state index >= 15 is 0 Å². The summed E-state index contributed by atoms with van der Waals surface area (Å²) < 4.78 is 38.5. The molecule has 0 aromatic heterocycles. The van der Waals surface area contributed by atoms with Crippen molar-refractivity contribution < 1.29 is 99.5 Å². The molecule has 0 spiro atoms. The third-order valence-electron chi connectivity index (χ3n) is 8.08. The zero-order chi connectivity index (χ0) is 31.9. The fourth-order valence-corrected chi connectivity index (χ4v) is 5.37. The largest absolute Gasteiger partial charge is 0.394 e. The smallest absolute Gasteiger partial charge is 0.224 e. The number of aliphatic hydroxyl groups excluding tert-OH is 13. The average Bonchev–Trinajstić information content (AvgIpc) is 3.51. The van der Waals surface area contributed by atoms with E-state index in [9.17, 15) is 66.4 Å². The molecule has 0 aliphatic carbocycles. The summed E-state index contributed by atoms with van der Waals surface area (Å²) in [5, 5.41) is 132. The molecule has 13 N–H and O–H groups in total. The van der Waals surface area contributed by atoms with Crippen molar-refractivity contribution in [2.45, 2.75) is 96.9 Å². The molecule has 4 saturated heterocycles. The highest BCUT2D eigenvalue weighted by Gasteiger charge is 2.63. The summed E-state index contributed by atoms with van der Waals surface area (Å²) in [5.41, 5.74) is 0. The van der Waals surface area contributed by atoms with Crippen LogP contribution in [-0.4, -0.2) is 210 Å². The van der Waals surface area contributed by atoms with E-state index in [2.05, 4.69) is 0 Å². The van der Waals surface area contributed by atoms with Crippen LogP contribution in [-0.2, 0) is 33.2 Å². The third-order valence-corrected chi connectivity index (χ3v) is 8.08. The Hall–Kier alpha value is -0.800. The first-order valence-electron chi connectivity index (χ1n) is 13.4. The van der Waals surface area contributed by atoms with Crippen molar-refractivity contribution in [3.63, 3.8) is 0 Å². The third kappa shape index (κ3) is 6.18. The molecule has 43 heavy (non-hydrogen) atoms. The fourth-order valence-electron chi connectivity index (χ4n) is 5.37. The van der Waals surface area contributed by atoms with E-state index < -0.39 is 143 Å². The Labute approximate surface area is 243 Å². The van der Waals surface area contributed by atoms with Crippen LogP contribution in [0, 0.1) is 0 Å². The molecular formula is C23H40O20. The predicted molar refractivity (Wildman–Crippen MR) is 128 cm³/mol. The zero-order valence-electron chi connectivity index (χ0n) is 22.6. The number of hydrogen-bond acceptors (Lipinski definition) is 20. The van der Waals surface area contributed by atoms with Crippen LogP contribution in [0.25, 0.3) is 0 Å². The van der Waals surface area contributed by atoms with Crippen LogP contribution < -0.4 is 0 Å². The van der Waals surface area contributed by atoms with Gasteiger partial charge in [0.1, 0.15) is 93.1 Å². The minimum Gasteiger partial charge on any atom is -0.394 e. The molecule has 0 amide bonds. The molecule has 0 aromatic carbocycles. The van der Waals surface area contributed by atoms with Gasteiger partial charge in [0.25, 0.3) is 0 Å². The maximum absolute atomic E-state index is 11.0.